The molecule has 3 N–H and O–H groups in total. The zero-order chi connectivity index (χ0) is 14.5. The van der Waals surface area contributed by atoms with E-state index in [1.807, 2.05) is 25.1 Å². The molecule has 1 aliphatic heterocycles. The minimum atomic E-state index is -0.0703. The standard InChI is InChI=1S/C16H20N2O2/c1-12-6-7-15(13(10-12)4-2-8-17)16(20)18-9-3-5-14(18)11-19/h6-7,10,14,19H,3,5,8-9,11,17H2,1H3. The van der Waals surface area contributed by atoms with Crippen molar-refractivity contribution in [2.75, 3.05) is 19.7 Å². The Morgan fingerprint density at radius 1 is 1.55 bits per heavy atom. The second-order valence-electron chi connectivity index (χ2n) is 5.03. The van der Waals surface area contributed by atoms with Crippen LogP contribution in [0.1, 0.15) is 34.3 Å². The van der Waals surface area contributed by atoms with E-state index in [9.17, 15) is 9.90 Å². The fourth-order valence-corrected chi connectivity index (χ4v) is 2.54. The molecule has 1 saturated heterocycles. The van der Waals surface area contributed by atoms with Crippen LogP contribution < -0.4 is 5.73 Å². The fourth-order valence-electron chi connectivity index (χ4n) is 2.54. The maximum Gasteiger partial charge on any atom is 0.255 e. The van der Waals surface area contributed by atoms with E-state index in [1.165, 1.54) is 0 Å². The Morgan fingerprint density at radius 3 is 3.05 bits per heavy atom. The Hall–Kier alpha value is -1.83. The summed E-state index contributed by atoms with van der Waals surface area (Å²) in [5.41, 5.74) is 7.77. The molecule has 2 rings (SSSR count). The third-order valence-corrected chi connectivity index (χ3v) is 3.58. The molecule has 1 heterocycles. The normalized spacial score (nSPS) is 17.8. The summed E-state index contributed by atoms with van der Waals surface area (Å²) in [7, 11) is 0. The summed E-state index contributed by atoms with van der Waals surface area (Å²) in [5, 5.41) is 9.35. The smallest absolute Gasteiger partial charge is 0.255 e. The van der Waals surface area contributed by atoms with Gasteiger partial charge >= 0.3 is 0 Å². The van der Waals surface area contributed by atoms with Gasteiger partial charge in [-0.05, 0) is 37.5 Å². The highest BCUT2D eigenvalue weighted by Gasteiger charge is 2.29. The summed E-state index contributed by atoms with van der Waals surface area (Å²) in [6.07, 6.45) is 1.80. The Balaban J connectivity index is 2.34. The average molecular weight is 272 g/mol. The van der Waals surface area contributed by atoms with E-state index in [-0.39, 0.29) is 25.1 Å². The number of nitrogens with zero attached hydrogens (tertiary/aromatic N) is 1. The highest BCUT2D eigenvalue weighted by molar-refractivity contribution is 5.97. The van der Waals surface area contributed by atoms with Crippen molar-refractivity contribution < 1.29 is 9.90 Å². The van der Waals surface area contributed by atoms with Gasteiger partial charge in [0, 0.05) is 12.1 Å². The van der Waals surface area contributed by atoms with Crippen molar-refractivity contribution in [3.05, 3.63) is 34.9 Å². The van der Waals surface area contributed by atoms with Gasteiger partial charge in [0.1, 0.15) is 0 Å². The lowest BCUT2D eigenvalue weighted by molar-refractivity contribution is 0.0677. The molecule has 0 aliphatic carbocycles. The number of aliphatic hydroxyl groups excluding tert-OH is 1. The summed E-state index contributed by atoms with van der Waals surface area (Å²) in [6, 6.07) is 5.55. The van der Waals surface area contributed by atoms with E-state index in [1.54, 1.807) is 4.90 Å². The molecule has 4 heteroatoms. The van der Waals surface area contributed by atoms with Crippen molar-refractivity contribution in [3.8, 4) is 11.8 Å². The van der Waals surface area contributed by atoms with Crippen LogP contribution in [0.25, 0.3) is 0 Å². The Morgan fingerprint density at radius 2 is 2.35 bits per heavy atom. The Kier molecular flexibility index (Phi) is 4.78. The number of carbonyl (C=O) groups excluding carboxylic acids is 1. The number of rotatable bonds is 2. The van der Waals surface area contributed by atoms with Crippen LogP contribution in [0.15, 0.2) is 18.2 Å². The van der Waals surface area contributed by atoms with Gasteiger partial charge in [0.05, 0.1) is 24.8 Å². The number of amides is 1. The highest BCUT2D eigenvalue weighted by Crippen LogP contribution is 2.21. The number of aryl methyl sites for hydroxylation is 1. The van der Waals surface area contributed by atoms with Crippen LogP contribution in [0.3, 0.4) is 0 Å². The van der Waals surface area contributed by atoms with Crippen LogP contribution in [0.2, 0.25) is 0 Å². The molecule has 1 aliphatic rings. The molecule has 1 atom stereocenters. The van der Waals surface area contributed by atoms with Gasteiger partial charge in [-0.1, -0.05) is 17.9 Å². The molecule has 20 heavy (non-hydrogen) atoms. The van der Waals surface area contributed by atoms with E-state index >= 15 is 0 Å². The van der Waals surface area contributed by atoms with Gasteiger partial charge in [-0.2, -0.15) is 0 Å². The van der Waals surface area contributed by atoms with Crippen molar-refractivity contribution in [1.29, 1.82) is 0 Å². The number of benzene rings is 1. The molecule has 0 saturated carbocycles. The maximum absolute atomic E-state index is 12.6. The predicted octanol–water partition coefficient (Wildman–Crippen LogP) is 0.902. The molecule has 1 unspecified atom stereocenters. The predicted molar refractivity (Wildman–Crippen MR) is 78.3 cm³/mol. The van der Waals surface area contributed by atoms with Crippen LogP contribution >= 0.6 is 0 Å². The lowest BCUT2D eigenvalue weighted by Gasteiger charge is -2.23. The van der Waals surface area contributed by atoms with Crippen molar-refractivity contribution in [2.24, 2.45) is 5.73 Å². The number of carbonyl (C=O) groups is 1. The Bertz CT molecular complexity index is 557. The highest BCUT2D eigenvalue weighted by atomic mass is 16.3. The summed E-state index contributed by atoms with van der Waals surface area (Å²) >= 11 is 0. The van der Waals surface area contributed by atoms with Gasteiger partial charge in [-0.15, -0.1) is 0 Å². The van der Waals surface area contributed by atoms with Crippen molar-refractivity contribution in [3.63, 3.8) is 0 Å². The van der Waals surface area contributed by atoms with Gasteiger partial charge in [-0.3, -0.25) is 4.79 Å². The zero-order valence-corrected chi connectivity index (χ0v) is 11.7. The first-order valence-electron chi connectivity index (χ1n) is 6.88. The van der Waals surface area contributed by atoms with Crippen LogP contribution in [-0.2, 0) is 0 Å². The zero-order valence-electron chi connectivity index (χ0n) is 11.7. The molecule has 0 bridgehead atoms. The molecule has 1 fully saturated rings. The van der Waals surface area contributed by atoms with E-state index in [4.69, 9.17) is 5.73 Å². The molecule has 0 aromatic heterocycles. The number of hydrogen-bond acceptors (Lipinski definition) is 3. The number of nitrogens with two attached hydrogens (primary N) is 1. The molecular weight excluding hydrogens is 252 g/mol. The largest absolute Gasteiger partial charge is 0.394 e. The lowest BCUT2D eigenvalue weighted by Crippen LogP contribution is -2.38. The molecule has 1 amide bonds. The summed E-state index contributed by atoms with van der Waals surface area (Å²) < 4.78 is 0. The van der Waals surface area contributed by atoms with E-state index in [0.29, 0.717) is 17.7 Å². The monoisotopic (exact) mass is 272 g/mol. The number of hydrogen-bond donors (Lipinski definition) is 2. The van der Waals surface area contributed by atoms with Crippen molar-refractivity contribution in [2.45, 2.75) is 25.8 Å². The van der Waals surface area contributed by atoms with Crippen LogP contribution in [0.4, 0.5) is 0 Å². The van der Waals surface area contributed by atoms with Gasteiger partial charge in [0.2, 0.25) is 0 Å². The molecule has 0 radical (unpaired) electrons. The first-order valence-corrected chi connectivity index (χ1v) is 6.88. The topological polar surface area (TPSA) is 66.6 Å². The SMILES string of the molecule is Cc1ccc(C(=O)N2CCCC2CO)c(C#CCN)c1. The first kappa shape index (κ1) is 14.6. The van der Waals surface area contributed by atoms with Crippen LogP contribution in [-0.4, -0.2) is 41.7 Å². The van der Waals surface area contributed by atoms with Gasteiger partial charge < -0.3 is 15.7 Å². The van der Waals surface area contributed by atoms with Crippen LogP contribution in [0.5, 0.6) is 0 Å². The molecular formula is C16H20N2O2. The summed E-state index contributed by atoms with van der Waals surface area (Å²) in [5.74, 6) is 5.71. The maximum atomic E-state index is 12.6. The van der Waals surface area contributed by atoms with E-state index in [2.05, 4.69) is 11.8 Å². The number of aliphatic hydroxyl groups is 1. The van der Waals surface area contributed by atoms with Crippen LogP contribution in [0, 0.1) is 18.8 Å². The lowest BCUT2D eigenvalue weighted by atomic mass is 10.0. The molecule has 106 valence electrons. The molecule has 1 aromatic carbocycles. The average Bonchev–Trinajstić information content (AvgIpc) is 2.93. The fraction of sp³-hybridized carbons (Fsp3) is 0.438. The van der Waals surface area contributed by atoms with Gasteiger partial charge in [-0.25, -0.2) is 0 Å². The molecule has 4 nitrogen and oxygen atoms in total. The first-order chi connectivity index (χ1) is 9.67. The third kappa shape index (κ3) is 3.01. The molecule has 0 spiro atoms. The van der Waals surface area contributed by atoms with E-state index in [0.717, 1.165) is 18.4 Å². The van der Waals surface area contributed by atoms with Crippen molar-refractivity contribution >= 4 is 5.91 Å². The summed E-state index contributed by atoms with van der Waals surface area (Å²) in [6.45, 7) is 2.95. The van der Waals surface area contributed by atoms with Crippen molar-refractivity contribution in [1.82, 2.24) is 4.90 Å². The third-order valence-electron chi connectivity index (χ3n) is 3.58. The van der Waals surface area contributed by atoms with Gasteiger partial charge in [0.25, 0.3) is 5.91 Å². The second kappa shape index (κ2) is 6.56. The van der Waals surface area contributed by atoms with Gasteiger partial charge in [0.15, 0.2) is 0 Å². The minimum Gasteiger partial charge on any atom is -0.394 e. The minimum absolute atomic E-state index is 0.0153. The summed E-state index contributed by atoms with van der Waals surface area (Å²) in [4.78, 5) is 14.4. The second-order valence-corrected chi connectivity index (χ2v) is 5.03. The quantitative estimate of drug-likeness (QED) is 0.786. The molecule has 1 aromatic rings. The van der Waals surface area contributed by atoms with E-state index < -0.39 is 0 Å². The Labute approximate surface area is 119 Å². The number of likely N-dealkylation sites (tertiary alicyclic amines) is 1.